The summed E-state index contributed by atoms with van der Waals surface area (Å²) >= 11 is 0. The number of benzene rings is 1. The first-order valence-corrected chi connectivity index (χ1v) is 9.84. The topological polar surface area (TPSA) is 120 Å². The number of aromatic amines is 1. The maximum absolute atomic E-state index is 14.2. The number of ether oxygens (including phenoxy) is 3. The monoisotopic (exact) mass is 455 g/mol. The van der Waals surface area contributed by atoms with Crippen LogP contribution in [0, 0.1) is 11.6 Å². The van der Waals surface area contributed by atoms with E-state index in [4.69, 9.17) is 14.2 Å². The smallest absolute Gasteiger partial charge is 0.180 e. The molecule has 0 aliphatic rings. The van der Waals surface area contributed by atoms with Crippen LogP contribution in [-0.4, -0.2) is 50.9 Å². The lowest BCUT2D eigenvalue weighted by Crippen LogP contribution is -2.04. The van der Waals surface area contributed by atoms with Gasteiger partial charge in [0.15, 0.2) is 29.0 Å². The van der Waals surface area contributed by atoms with E-state index in [1.54, 1.807) is 31.5 Å². The molecule has 0 spiro atoms. The SMILES string of the molecule is COCCCOc1cnc(Nc2ccc(-c3nnn[nH]3)cn2)c(Oc2ccc(F)cc2F)c1. The Morgan fingerprint density at radius 2 is 1.91 bits per heavy atom. The number of methoxy groups -OCH3 is 1. The van der Waals surface area contributed by atoms with Gasteiger partial charge in [-0.3, -0.25) is 0 Å². The van der Waals surface area contributed by atoms with Crippen LogP contribution in [0.2, 0.25) is 0 Å². The highest BCUT2D eigenvalue weighted by Crippen LogP contribution is 2.34. The molecule has 0 saturated heterocycles. The maximum Gasteiger partial charge on any atom is 0.180 e. The van der Waals surface area contributed by atoms with Gasteiger partial charge in [-0.25, -0.2) is 23.8 Å². The maximum atomic E-state index is 14.2. The number of H-pyrrole nitrogens is 1. The fourth-order valence-corrected chi connectivity index (χ4v) is 2.76. The molecule has 3 heterocycles. The molecule has 0 saturated carbocycles. The summed E-state index contributed by atoms with van der Waals surface area (Å²) in [4.78, 5) is 8.63. The van der Waals surface area contributed by atoms with E-state index in [-0.39, 0.29) is 17.3 Å². The van der Waals surface area contributed by atoms with Crippen LogP contribution in [0.3, 0.4) is 0 Å². The summed E-state index contributed by atoms with van der Waals surface area (Å²) in [6.07, 6.45) is 3.74. The van der Waals surface area contributed by atoms with Crippen molar-refractivity contribution in [3.05, 3.63) is 60.4 Å². The predicted octanol–water partition coefficient (Wildman–Crippen LogP) is 3.89. The van der Waals surface area contributed by atoms with Crippen molar-refractivity contribution in [2.75, 3.05) is 25.6 Å². The Kier molecular flexibility index (Phi) is 6.95. The Labute approximate surface area is 186 Å². The fourth-order valence-electron chi connectivity index (χ4n) is 2.76. The van der Waals surface area contributed by atoms with Gasteiger partial charge in [-0.2, -0.15) is 0 Å². The molecule has 0 unspecified atom stereocenters. The van der Waals surface area contributed by atoms with Crippen molar-refractivity contribution in [2.45, 2.75) is 6.42 Å². The van der Waals surface area contributed by atoms with Gasteiger partial charge in [-0.05, 0) is 34.7 Å². The van der Waals surface area contributed by atoms with Crippen molar-refractivity contribution in [1.82, 2.24) is 30.6 Å². The first-order valence-electron chi connectivity index (χ1n) is 9.84. The number of aromatic nitrogens is 6. The largest absolute Gasteiger partial charge is 0.492 e. The van der Waals surface area contributed by atoms with E-state index < -0.39 is 11.6 Å². The molecule has 2 N–H and O–H groups in total. The molecule has 12 heteroatoms. The second-order valence-electron chi connectivity index (χ2n) is 6.70. The number of hydrogen-bond donors (Lipinski definition) is 2. The molecule has 0 aliphatic carbocycles. The quantitative estimate of drug-likeness (QED) is 0.343. The van der Waals surface area contributed by atoms with E-state index in [2.05, 4.69) is 35.9 Å². The van der Waals surface area contributed by atoms with Gasteiger partial charge in [0.1, 0.15) is 17.4 Å². The number of nitrogens with one attached hydrogen (secondary N) is 2. The number of anilines is 2. The minimum absolute atomic E-state index is 0.162. The number of rotatable bonds is 10. The Balaban J connectivity index is 1.57. The van der Waals surface area contributed by atoms with Gasteiger partial charge in [-0.1, -0.05) is 0 Å². The highest BCUT2D eigenvalue weighted by Gasteiger charge is 2.14. The summed E-state index contributed by atoms with van der Waals surface area (Å²) in [5.74, 6) is 0.0111. The Bertz CT molecular complexity index is 1190. The van der Waals surface area contributed by atoms with Gasteiger partial charge >= 0.3 is 0 Å². The third-order valence-electron chi connectivity index (χ3n) is 4.33. The molecule has 0 atom stereocenters. The van der Waals surface area contributed by atoms with E-state index in [9.17, 15) is 8.78 Å². The standard InChI is InChI=1S/C21H19F2N7O3/c1-31-7-2-8-32-15-10-18(33-17-5-4-14(22)9-16(17)23)21(25-12-15)26-19-6-3-13(11-24-19)20-27-29-30-28-20/h3-6,9-12H,2,7-8H2,1H3,(H,24,25,26)(H,27,28,29,30). The van der Waals surface area contributed by atoms with Crippen LogP contribution in [0.15, 0.2) is 48.8 Å². The number of nitrogens with zero attached hydrogens (tertiary/aromatic N) is 5. The number of halogens is 2. The van der Waals surface area contributed by atoms with Crippen molar-refractivity contribution in [3.63, 3.8) is 0 Å². The zero-order valence-electron chi connectivity index (χ0n) is 17.5. The average molecular weight is 455 g/mol. The lowest BCUT2D eigenvalue weighted by Gasteiger charge is -2.14. The summed E-state index contributed by atoms with van der Waals surface area (Å²) in [7, 11) is 1.61. The normalized spacial score (nSPS) is 10.8. The number of hydrogen-bond acceptors (Lipinski definition) is 9. The summed E-state index contributed by atoms with van der Waals surface area (Å²) in [5.41, 5.74) is 0.683. The van der Waals surface area contributed by atoms with E-state index >= 15 is 0 Å². The second-order valence-corrected chi connectivity index (χ2v) is 6.70. The van der Waals surface area contributed by atoms with Crippen LogP contribution < -0.4 is 14.8 Å². The second kappa shape index (κ2) is 10.4. The molecule has 10 nitrogen and oxygen atoms in total. The third kappa shape index (κ3) is 5.74. The molecule has 33 heavy (non-hydrogen) atoms. The first-order chi connectivity index (χ1) is 16.1. The van der Waals surface area contributed by atoms with Crippen molar-refractivity contribution in [2.24, 2.45) is 0 Å². The summed E-state index contributed by atoms with van der Waals surface area (Å²) in [5, 5.41) is 16.6. The average Bonchev–Trinajstić information content (AvgIpc) is 3.36. The molecule has 4 rings (SSSR count). The zero-order chi connectivity index (χ0) is 23.0. The fraction of sp³-hybridized carbons (Fsp3) is 0.190. The van der Waals surface area contributed by atoms with Crippen LogP contribution in [-0.2, 0) is 4.74 Å². The molecule has 1 aromatic carbocycles. The van der Waals surface area contributed by atoms with E-state index in [1.807, 2.05) is 0 Å². The van der Waals surface area contributed by atoms with E-state index in [1.165, 1.54) is 12.3 Å². The molecular weight excluding hydrogens is 436 g/mol. The van der Waals surface area contributed by atoms with Crippen LogP contribution in [0.25, 0.3) is 11.4 Å². The molecule has 4 aromatic rings. The van der Waals surface area contributed by atoms with Crippen LogP contribution >= 0.6 is 0 Å². The zero-order valence-corrected chi connectivity index (χ0v) is 17.5. The van der Waals surface area contributed by atoms with Gasteiger partial charge < -0.3 is 19.5 Å². The molecular formula is C21H19F2N7O3. The highest BCUT2D eigenvalue weighted by molar-refractivity contribution is 5.63. The van der Waals surface area contributed by atoms with Crippen LogP contribution in [0.1, 0.15) is 6.42 Å². The number of pyridine rings is 2. The van der Waals surface area contributed by atoms with Gasteiger partial charge in [0.25, 0.3) is 0 Å². The predicted molar refractivity (Wildman–Crippen MR) is 113 cm³/mol. The van der Waals surface area contributed by atoms with Crippen LogP contribution in [0.5, 0.6) is 17.2 Å². The van der Waals surface area contributed by atoms with Gasteiger partial charge in [-0.15, -0.1) is 5.10 Å². The third-order valence-corrected chi connectivity index (χ3v) is 4.33. The van der Waals surface area contributed by atoms with Gasteiger partial charge in [0, 0.05) is 44.0 Å². The molecule has 170 valence electrons. The van der Waals surface area contributed by atoms with Crippen molar-refractivity contribution < 1.29 is 23.0 Å². The lowest BCUT2D eigenvalue weighted by atomic mass is 10.2. The summed E-state index contributed by atoms with van der Waals surface area (Å²) in [6.45, 7) is 0.940. The van der Waals surface area contributed by atoms with Gasteiger partial charge in [0.05, 0.1) is 12.8 Å². The minimum atomic E-state index is -0.851. The van der Waals surface area contributed by atoms with Crippen molar-refractivity contribution >= 4 is 11.6 Å². The number of tetrazole rings is 1. The van der Waals surface area contributed by atoms with E-state index in [0.717, 1.165) is 12.1 Å². The minimum Gasteiger partial charge on any atom is -0.492 e. The molecule has 0 fully saturated rings. The Morgan fingerprint density at radius 3 is 2.64 bits per heavy atom. The molecule has 3 aromatic heterocycles. The Hall–Kier alpha value is -4.19. The summed E-state index contributed by atoms with van der Waals surface area (Å²) < 4.78 is 43.8. The Morgan fingerprint density at radius 1 is 1.00 bits per heavy atom. The summed E-state index contributed by atoms with van der Waals surface area (Å²) in [6, 6.07) is 8.03. The van der Waals surface area contributed by atoms with Gasteiger partial charge in [0.2, 0.25) is 0 Å². The molecule has 0 aliphatic heterocycles. The lowest BCUT2D eigenvalue weighted by molar-refractivity contribution is 0.172. The van der Waals surface area contributed by atoms with Crippen molar-refractivity contribution in [3.8, 4) is 28.6 Å². The van der Waals surface area contributed by atoms with Crippen LogP contribution in [0.4, 0.5) is 20.4 Å². The molecule has 0 radical (unpaired) electrons. The van der Waals surface area contributed by atoms with E-state index in [0.29, 0.717) is 42.6 Å². The highest BCUT2D eigenvalue weighted by atomic mass is 19.1. The molecule has 0 bridgehead atoms. The molecule has 0 amide bonds. The van der Waals surface area contributed by atoms with Crippen molar-refractivity contribution in [1.29, 1.82) is 0 Å². The first kappa shape index (κ1) is 22.0.